The molecule has 30 heavy (non-hydrogen) atoms. The molecular weight excluding hydrogens is 379 g/mol. The Bertz CT molecular complexity index is 1120. The van der Waals surface area contributed by atoms with E-state index in [1.807, 2.05) is 24.3 Å². The number of β-amino-alcohol motifs (C(OH)–C–C–N with tert-alkyl or cyclic N) is 1. The van der Waals surface area contributed by atoms with Gasteiger partial charge >= 0.3 is 0 Å². The second-order valence-electron chi connectivity index (χ2n) is 8.75. The van der Waals surface area contributed by atoms with E-state index >= 15 is 0 Å². The Balaban J connectivity index is 1.68. The zero-order valence-electron chi connectivity index (χ0n) is 17.2. The highest BCUT2D eigenvalue weighted by Crippen LogP contribution is 2.51. The lowest BCUT2D eigenvalue weighted by Gasteiger charge is -2.56. The summed E-state index contributed by atoms with van der Waals surface area (Å²) >= 11 is 0. The molecule has 0 unspecified atom stereocenters. The highest BCUT2D eigenvalue weighted by molar-refractivity contribution is 5.85. The summed E-state index contributed by atoms with van der Waals surface area (Å²) in [7, 11) is 1.67. The zero-order chi connectivity index (χ0) is 20.9. The molecule has 1 fully saturated rings. The number of methoxy groups -OCH3 is 1. The average Bonchev–Trinajstić information content (AvgIpc) is 3.07. The Morgan fingerprint density at radius 1 is 1.27 bits per heavy atom. The average molecular weight is 407 g/mol. The first-order valence-corrected chi connectivity index (χ1v) is 10.5. The van der Waals surface area contributed by atoms with Crippen molar-refractivity contribution in [3.05, 3.63) is 77.8 Å². The smallest absolute Gasteiger partial charge is 0.125 e. The van der Waals surface area contributed by atoms with Crippen molar-refractivity contribution in [3.63, 3.8) is 0 Å². The number of piperidine rings is 1. The molecule has 1 aliphatic carbocycles. The third-order valence-corrected chi connectivity index (χ3v) is 7.14. The van der Waals surface area contributed by atoms with E-state index in [4.69, 9.17) is 4.74 Å². The third kappa shape index (κ3) is 2.80. The van der Waals surface area contributed by atoms with Crippen molar-refractivity contribution >= 4 is 10.9 Å². The largest absolute Gasteiger partial charge is 0.497 e. The van der Waals surface area contributed by atoms with E-state index in [-0.39, 0.29) is 5.82 Å². The Morgan fingerprint density at radius 3 is 2.93 bits per heavy atom. The van der Waals surface area contributed by atoms with Crippen LogP contribution in [0.25, 0.3) is 10.9 Å². The monoisotopic (exact) mass is 406 g/mol. The molecule has 3 aromatic rings. The lowest BCUT2D eigenvalue weighted by molar-refractivity contribution is -0.100. The fourth-order valence-corrected chi connectivity index (χ4v) is 5.66. The van der Waals surface area contributed by atoms with Crippen LogP contribution in [0.1, 0.15) is 23.2 Å². The maximum Gasteiger partial charge on any atom is 0.125 e. The summed E-state index contributed by atoms with van der Waals surface area (Å²) in [4.78, 5) is 5.72. The molecule has 0 radical (unpaired) electrons. The van der Waals surface area contributed by atoms with Crippen LogP contribution in [0, 0.1) is 5.82 Å². The molecule has 0 spiro atoms. The molecule has 2 aromatic carbocycles. The molecule has 2 heterocycles. The molecule has 5 rings (SSSR count). The number of aliphatic hydroxyl groups is 1. The summed E-state index contributed by atoms with van der Waals surface area (Å²) in [5.74, 6) is 0.541. The van der Waals surface area contributed by atoms with Crippen LogP contribution < -0.4 is 4.74 Å². The number of nitrogens with one attached hydrogen (secondary N) is 1. The van der Waals surface area contributed by atoms with Gasteiger partial charge in [0.1, 0.15) is 11.6 Å². The number of H-pyrrole nitrogens is 1. The normalized spacial score (nSPS) is 26.2. The van der Waals surface area contributed by atoms with Gasteiger partial charge in [0.05, 0.1) is 12.7 Å². The van der Waals surface area contributed by atoms with E-state index in [0.29, 0.717) is 19.4 Å². The van der Waals surface area contributed by atoms with Gasteiger partial charge in [-0.3, -0.25) is 4.90 Å². The number of rotatable bonds is 4. The lowest BCUT2D eigenvalue weighted by Crippen LogP contribution is -2.66. The van der Waals surface area contributed by atoms with Gasteiger partial charge in [-0.05, 0) is 54.4 Å². The van der Waals surface area contributed by atoms with Crippen molar-refractivity contribution < 1.29 is 14.2 Å². The SMILES string of the molecule is C=CCN1CC[C@@]2(c3cccc(OC)c3)Cc3[nH]c4cc(F)ccc4c3C[C@]2(O)C1. The molecule has 5 heteroatoms. The highest BCUT2D eigenvalue weighted by atomic mass is 19.1. The Kier molecular flexibility index (Phi) is 4.49. The van der Waals surface area contributed by atoms with E-state index in [0.717, 1.165) is 53.0 Å². The number of nitrogens with zero attached hydrogens (tertiary/aromatic N) is 1. The van der Waals surface area contributed by atoms with Gasteiger partial charge in [-0.2, -0.15) is 0 Å². The molecule has 2 N–H and O–H groups in total. The number of halogens is 1. The van der Waals surface area contributed by atoms with E-state index in [9.17, 15) is 9.50 Å². The van der Waals surface area contributed by atoms with E-state index in [1.54, 1.807) is 13.2 Å². The molecule has 2 atom stereocenters. The summed E-state index contributed by atoms with van der Waals surface area (Å²) < 4.78 is 19.3. The Morgan fingerprint density at radius 2 is 2.13 bits per heavy atom. The van der Waals surface area contributed by atoms with Crippen LogP contribution in [0.2, 0.25) is 0 Å². The number of ether oxygens (including phenoxy) is 1. The molecular formula is C25H27FN2O2. The number of benzene rings is 2. The number of aromatic nitrogens is 1. The van der Waals surface area contributed by atoms with Crippen LogP contribution in [0.4, 0.5) is 4.39 Å². The van der Waals surface area contributed by atoms with Crippen LogP contribution in [-0.4, -0.2) is 47.3 Å². The van der Waals surface area contributed by atoms with Gasteiger partial charge < -0.3 is 14.8 Å². The molecule has 0 bridgehead atoms. The lowest BCUT2D eigenvalue weighted by atomic mass is 9.56. The van der Waals surface area contributed by atoms with Gasteiger partial charge in [-0.1, -0.05) is 18.2 Å². The van der Waals surface area contributed by atoms with Crippen molar-refractivity contribution in [1.29, 1.82) is 0 Å². The van der Waals surface area contributed by atoms with Crippen LogP contribution in [0.5, 0.6) is 5.75 Å². The summed E-state index contributed by atoms with van der Waals surface area (Å²) in [5.41, 5.74) is 2.71. The summed E-state index contributed by atoms with van der Waals surface area (Å²) in [5, 5.41) is 13.2. The van der Waals surface area contributed by atoms with Gasteiger partial charge in [0.15, 0.2) is 0 Å². The van der Waals surface area contributed by atoms with Crippen LogP contribution in [0.15, 0.2) is 55.1 Å². The standard InChI is InChI=1S/C25H27FN2O2/c1-3-10-28-11-9-24(17-5-4-6-19(12-17)30-2)15-23-21(14-25(24,29)16-28)20-8-7-18(26)13-22(20)27-23/h3-8,12-13,27,29H,1,9-11,14-16H2,2H3/t24-,25-/m0/s1. The minimum absolute atomic E-state index is 0.253. The van der Waals surface area contributed by atoms with Crippen LogP contribution >= 0.6 is 0 Å². The minimum Gasteiger partial charge on any atom is -0.497 e. The van der Waals surface area contributed by atoms with Crippen molar-refractivity contribution in [2.24, 2.45) is 0 Å². The van der Waals surface area contributed by atoms with Crippen LogP contribution in [0.3, 0.4) is 0 Å². The topological polar surface area (TPSA) is 48.5 Å². The summed E-state index contributed by atoms with van der Waals surface area (Å²) in [6.07, 6.45) is 3.93. The zero-order valence-corrected chi connectivity index (χ0v) is 17.2. The van der Waals surface area contributed by atoms with E-state index in [2.05, 4.69) is 28.6 Å². The van der Waals surface area contributed by atoms with Gasteiger partial charge in [0, 0.05) is 47.9 Å². The maximum atomic E-state index is 13.8. The van der Waals surface area contributed by atoms with Gasteiger partial charge in [0.25, 0.3) is 0 Å². The van der Waals surface area contributed by atoms with Crippen molar-refractivity contribution in [2.45, 2.75) is 30.3 Å². The Labute approximate surface area is 176 Å². The molecule has 1 aliphatic heterocycles. The van der Waals surface area contributed by atoms with Gasteiger partial charge in [-0.15, -0.1) is 6.58 Å². The molecule has 2 aliphatic rings. The highest BCUT2D eigenvalue weighted by Gasteiger charge is 2.57. The van der Waals surface area contributed by atoms with Gasteiger partial charge in [0.2, 0.25) is 0 Å². The van der Waals surface area contributed by atoms with Crippen molar-refractivity contribution in [2.75, 3.05) is 26.7 Å². The molecule has 0 saturated carbocycles. The predicted molar refractivity (Wildman–Crippen MR) is 117 cm³/mol. The fraction of sp³-hybridized carbons (Fsp3) is 0.360. The van der Waals surface area contributed by atoms with E-state index in [1.165, 1.54) is 6.07 Å². The number of aromatic amines is 1. The third-order valence-electron chi connectivity index (χ3n) is 7.14. The molecule has 1 saturated heterocycles. The number of hydrogen-bond donors (Lipinski definition) is 2. The molecule has 0 amide bonds. The summed E-state index contributed by atoms with van der Waals surface area (Å²) in [6, 6.07) is 13.0. The maximum absolute atomic E-state index is 13.8. The number of fused-ring (bicyclic) bond motifs is 4. The predicted octanol–water partition coefficient (Wildman–Crippen LogP) is 3.98. The fourth-order valence-electron chi connectivity index (χ4n) is 5.66. The number of hydrogen-bond acceptors (Lipinski definition) is 3. The second kappa shape index (κ2) is 6.96. The molecule has 4 nitrogen and oxygen atoms in total. The Hall–Kier alpha value is -2.63. The van der Waals surface area contributed by atoms with E-state index < -0.39 is 11.0 Å². The second-order valence-corrected chi connectivity index (χ2v) is 8.75. The minimum atomic E-state index is -0.947. The van der Waals surface area contributed by atoms with Crippen molar-refractivity contribution in [3.8, 4) is 5.75 Å². The molecule has 156 valence electrons. The summed E-state index contributed by atoms with van der Waals surface area (Å²) in [6.45, 7) is 6.09. The first kappa shape index (κ1) is 19.3. The first-order chi connectivity index (χ1) is 14.5. The van der Waals surface area contributed by atoms with Crippen molar-refractivity contribution in [1.82, 2.24) is 9.88 Å². The number of likely N-dealkylation sites (tertiary alicyclic amines) is 1. The van der Waals surface area contributed by atoms with Gasteiger partial charge in [-0.25, -0.2) is 4.39 Å². The first-order valence-electron chi connectivity index (χ1n) is 10.5. The quantitative estimate of drug-likeness (QED) is 0.645. The van der Waals surface area contributed by atoms with Crippen LogP contribution in [-0.2, 0) is 18.3 Å². The molecule has 1 aromatic heterocycles.